The second-order valence-corrected chi connectivity index (χ2v) is 6.01. The van der Waals surface area contributed by atoms with Crippen molar-refractivity contribution in [2.75, 3.05) is 6.79 Å². The van der Waals surface area contributed by atoms with Crippen LogP contribution >= 0.6 is 0 Å². The number of rotatable bonds is 8. The fourth-order valence-electron chi connectivity index (χ4n) is 2.66. The van der Waals surface area contributed by atoms with Crippen molar-refractivity contribution in [1.82, 2.24) is 5.32 Å². The van der Waals surface area contributed by atoms with Crippen LogP contribution in [0.3, 0.4) is 0 Å². The van der Waals surface area contributed by atoms with Crippen LogP contribution in [0.1, 0.15) is 47.0 Å². The largest absolute Gasteiger partial charge is 0.428 e. The maximum atomic E-state index is 12.1. The molecule has 1 aliphatic rings. The van der Waals surface area contributed by atoms with Gasteiger partial charge in [-0.1, -0.05) is 13.8 Å². The Balaban J connectivity index is 2.90. The minimum absolute atomic E-state index is 0.0128. The van der Waals surface area contributed by atoms with Gasteiger partial charge in [-0.25, -0.2) is 4.79 Å². The molecular formula is C17H28N2O6. The van der Waals surface area contributed by atoms with Crippen LogP contribution < -0.4 is 11.1 Å². The lowest BCUT2D eigenvalue weighted by molar-refractivity contribution is -0.163. The fraction of sp³-hybridized carbons (Fsp3) is 0.706. The SMILES string of the molecule is CCC(CC)O[C@@H]1C=C(C(=O)OCOC(C)=O)C[C@H](N)[C@H]1NC(C)=O. The van der Waals surface area contributed by atoms with Crippen LogP contribution in [0.4, 0.5) is 0 Å². The molecule has 8 nitrogen and oxygen atoms in total. The predicted octanol–water partition coefficient (Wildman–Crippen LogP) is 0.786. The van der Waals surface area contributed by atoms with E-state index in [2.05, 4.69) is 10.1 Å². The quantitative estimate of drug-likeness (QED) is 0.487. The van der Waals surface area contributed by atoms with Crippen molar-refractivity contribution in [1.29, 1.82) is 0 Å². The van der Waals surface area contributed by atoms with E-state index < -0.39 is 36.9 Å². The maximum Gasteiger partial charge on any atom is 0.336 e. The predicted molar refractivity (Wildman–Crippen MR) is 90.2 cm³/mol. The molecule has 0 fully saturated rings. The molecule has 142 valence electrons. The van der Waals surface area contributed by atoms with E-state index in [4.69, 9.17) is 15.2 Å². The molecule has 1 amide bonds. The molecule has 3 N–H and O–H groups in total. The molecule has 0 radical (unpaired) electrons. The molecule has 0 aromatic rings. The first-order chi connectivity index (χ1) is 11.8. The van der Waals surface area contributed by atoms with Crippen molar-refractivity contribution in [2.24, 2.45) is 5.73 Å². The summed E-state index contributed by atoms with van der Waals surface area (Å²) in [6.45, 7) is 6.19. The van der Waals surface area contributed by atoms with E-state index in [1.165, 1.54) is 13.8 Å². The summed E-state index contributed by atoms with van der Waals surface area (Å²) in [5.41, 5.74) is 6.50. The molecule has 0 spiro atoms. The summed E-state index contributed by atoms with van der Waals surface area (Å²) in [5, 5.41) is 2.80. The normalized spacial score (nSPS) is 23.0. The Labute approximate surface area is 148 Å². The average molecular weight is 356 g/mol. The highest BCUT2D eigenvalue weighted by molar-refractivity contribution is 5.89. The van der Waals surface area contributed by atoms with Crippen LogP contribution in [-0.2, 0) is 28.6 Å². The van der Waals surface area contributed by atoms with Crippen molar-refractivity contribution in [3.05, 3.63) is 11.6 Å². The monoisotopic (exact) mass is 356 g/mol. The van der Waals surface area contributed by atoms with Crippen molar-refractivity contribution in [3.8, 4) is 0 Å². The Hall–Kier alpha value is -1.93. The smallest absolute Gasteiger partial charge is 0.336 e. The number of amides is 1. The summed E-state index contributed by atoms with van der Waals surface area (Å²) >= 11 is 0. The van der Waals surface area contributed by atoms with E-state index in [9.17, 15) is 14.4 Å². The molecule has 25 heavy (non-hydrogen) atoms. The number of carbonyl (C=O) groups is 3. The van der Waals surface area contributed by atoms with Crippen LogP contribution in [0.25, 0.3) is 0 Å². The second-order valence-electron chi connectivity index (χ2n) is 6.01. The minimum atomic E-state index is -0.615. The van der Waals surface area contributed by atoms with Gasteiger partial charge in [0.05, 0.1) is 18.2 Å². The first kappa shape index (κ1) is 21.1. The molecule has 0 aliphatic heterocycles. The Bertz CT molecular complexity index is 515. The van der Waals surface area contributed by atoms with Gasteiger partial charge in [0, 0.05) is 25.5 Å². The van der Waals surface area contributed by atoms with Gasteiger partial charge in [0.2, 0.25) is 12.7 Å². The van der Waals surface area contributed by atoms with E-state index in [1.54, 1.807) is 6.08 Å². The first-order valence-corrected chi connectivity index (χ1v) is 8.47. The Morgan fingerprint density at radius 3 is 2.40 bits per heavy atom. The number of nitrogens with two attached hydrogens (primary N) is 1. The molecule has 0 unspecified atom stereocenters. The zero-order chi connectivity index (χ0) is 19.0. The molecule has 1 aliphatic carbocycles. The molecule has 0 heterocycles. The van der Waals surface area contributed by atoms with Gasteiger partial charge in [-0.15, -0.1) is 0 Å². The van der Waals surface area contributed by atoms with Gasteiger partial charge in [0.15, 0.2) is 0 Å². The molecule has 1 rings (SSSR count). The van der Waals surface area contributed by atoms with Crippen LogP contribution in [0.2, 0.25) is 0 Å². The van der Waals surface area contributed by atoms with E-state index in [1.807, 2.05) is 13.8 Å². The average Bonchev–Trinajstić information content (AvgIpc) is 2.54. The molecular weight excluding hydrogens is 328 g/mol. The number of ether oxygens (including phenoxy) is 3. The molecule has 0 saturated carbocycles. The van der Waals surface area contributed by atoms with Crippen LogP contribution in [0.15, 0.2) is 11.6 Å². The third-order valence-corrected chi connectivity index (χ3v) is 3.98. The van der Waals surface area contributed by atoms with E-state index in [-0.39, 0.29) is 18.4 Å². The van der Waals surface area contributed by atoms with Crippen LogP contribution in [0.5, 0.6) is 0 Å². The van der Waals surface area contributed by atoms with Crippen molar-refractivity contribution in [2.45, 2.75) is 71.2 Å². The molecule has 3 atom stereocenters. The van der Waals surface area contributed by atoms with Crippen molar-refractivity contribution in [3.63, 3.8) is 0 Å². The fourth-order valence-corrected chi connectivity index (χ4v) is 2.66. The lowest BCUT2D eigenvalue weighted by Crippen LogP contribution is -2.57. The number of carbonyl (C=O) groups excluding carboxylic acids is 3. The summed E-state index contributed by atoms with van der Waals surface area (Å²) in [6.07, 6.45) is 2.92. The summed E-state index contributed by atoms with van der Waals surface area (Å²) in [4.78, 5) is 34.3. The highest BCUT2D eigenvalue weighted by Gasteiger charge is 2.36. The van der Waals surface area contributed by atoms with Crippen molar-refractivity contribution >= 4 is 17.8 Å². The van der Waals surface area contributed by atoms with Gasteiger partial charge >= 0.3 is 11.9 Å². The molecule has 0 bridgehead atoms. The van der Waals surface area contributed by atoms with E-state index in [0.717, 1.165) is 12.8 Å². The topological polar surface area (TPSA) is 117 Å². The van der Waals surface area contributed by atoms with E-state index in [0.29, 0.717) is 5.57 Å². The number of esters is 2. The highest BCUT2D eigenvalue weighted by Crippen LogP contribution is 2.24. The van der Waals surface area contributed by atoms with Crippen molar-refractivity contribution < 1.29 is 28.6 Å². The second kappa shape index (κ2) is 10.1. The summed E-state index contributed by atoms with van der Waals surface area (Å²) in [7, 11) is 0. The Kier molecular flexibility index (Phi) is 8.57. The number of hydrogen-bond acceptors (Lipinski definition) is 7. The minimum Gasteiger partial charge on any atom is -0.428 e. The molecule has 8 heteroatoms. The molecule has 0 aromatic carbocycles. The third kappa shape index (κ3) is 6.83. The molecule has 0 aromatic heterocycles. The summed E-state index contributed by atoms with van der Waals surface area (Å²) in [6, 6.07) is -0.923. The summed E-state index contributed by atoms with van der Waals surface area (Å²) < 4.78 is 15.5. The third-order valence-electron chi connectivity index (χ3n) is 3.98. The van der Waals surface area contributed by atoms with Gasteiger partial charge in [0.25, 0.3) is 0 Å². The lowest BCUT2D eigenvalue weighted by atomic mass is 9.88. The van der Waals surface area contributed by atoms with Gasteiger partial charge in [-0.3, -0.25) is 9.59 Å². The Morgan fingerprint density at radius 2 is 1.88 bits per heavy atom. The lowest BCUT2D eigenvalue weighted by Gasteiger charge is -2.36. The highest BCUT2D eigenvalue weighted by atomic mass is 16.7. The maximum absolute atomic E-state index is 12.1. The van der Waals surface area contributed by atoms with Crippen LogP contribution in [-0.4, -0.2) is 48.9 Å². The van der Waals surface area contributed by atoms with Crippen LogP contribution in [0, 0.1) is 0 Å². The Morgan fingerprint density at radius 1 is 1.24 bits per heavy atom. The number of hydrogen-bond donors (Lipinski definition) is 2. The van der Waals surface area contributed by atoms with Gasteiger partial charge in [-0.2, -0.15) is 0 Å². The van der Waals surface area contributed by atoms with Gasteiger partial charge < -0.3 is 25.3 Å². The number of nitrogens with one attached hydrogen (secondary N) is 1. The van der Waals surface area contributed by atoms with Gasteiger partial charge in [0.1, 0.15) is 0 Å². The summed E-state index contributed by atoms with van der Waals surface area (Å²) in [5.74, 6) is -1.37. The van der Waals surface area contributed by atoms with E-state index >= 15 is 0 Å². The zero-order valence-electron chi connectivity index (χ0n) is 15.2. The molecule has 0 saturated heterocycles. The van der Waals surface area contributed by atoms with Gasteiger partial charge in [-0.05, 0) is 25.3 Å². The first-order valence-electron chi connectivity index (χ1n) is 8.47. The zero-order valence-corrected chi connectivity index (χ0v) is 15.2. The standard InChI is InChI=1S/C17H28N2O6/c1-5-13(6-2)25-15-8-12(17(22)24-9-23-11(4)21)7-14(18)16(15)19-10(3)20/h8,13-16H,5-7,9,18H2,1-4H3,(H,19,20)/t14-,15+,16+/m0/s1.